The number of hydrogen-bond donors (Lipinski definition) is 4. The molecule has 0 spiro atoms. The topological polar surface area (TPSA) is 148 Å². The standard InChI is InChI=1S/C27H30N6O4/c1-2-37-24(35)14-13-20-11-7-15-29-25(20)33-23(34)18-30-26(36)21-10-6-12-22(16-21)32-27(28)31-17-19-8-4-3-5-9-19/h3-12,15-16H,2,13-14,17-18H2,1H3,(H,30,36)(H3,28,31,32)(H,29,33,34). The van der Waals surface area contributed by atoms with E-state index in [2.05, 4.69) is 25.9 Å². The van der Waals surface area contributed by atoms with E-state index >= 15 is 0 Å². The Morgan fingerprint density at radius 3 is 2.59 bits per heavy atom. The van der Waals surface area contributed by atoms with E-state index in [-0.39, 0.29) is 24.9 Å². The van der Waals surface area contributed by atoms with Crippen molar-refractivity contribution in [3.8, 4) is 0 Å². The monoisotopic (exact) mass is 502 g/mol. The molecule has 0 aliphatic carbocycles. The van der Waals surface area contributed by atoms with Gasteiger partial charge in [-0.1, -0.05) is 42.5 Å². The lowest BCUT2D eigenvalue weighted by molar-refractivity contribution is -0.143. The molecule has 0 saturated heterocycles. The molecule has 3 aromatic rings. The average Bonchev–Trinajstić information content (AvgIpc) is 2.91. The molecule has 37 heavy (non-hydrogen) atoms. The minimum atomic E-state index is -0.448. The highest BCUT2D eigenvalue weighted by atomic mass is 16.5. The highest BCUT2D eigenvalue weighted by molar-refractivity contribution is 6.00. The molecule has 0 fully saturated rings. The van der Waals surface area contributed by atoms with Gasteiger partial charge in [-0.05, 0) is 48.7 Å². The van der Waals surface area contributed by atoms with Crippen molar-refractivity contribution in [3.63, 3.8) is 0 Å². The number of aryl methyl sites for hydroxylation is 1. The van der Waals surface area contributed by atoms with Crippen LogP contribution in [-0.2, 0) is 27.3 Å². The Labute approximate surface area is 215 Å². The molecule has 0 atom stereocenters. The third-order valence-electron chi connectivity index (χ3n) is 5.13. The van der Waals surface area contributed by atoms with Crippen molar-refractivity contribution in [2.24, 2.45) is 10.7 Å². The Morgan fingerprint density at radius 2 is 1.81 bits per heavy atom. The van der Waals surface area contributed by atoms with Crippen molar-refractivity contribution in [1.29, 1.82) is 0 Å². The normalized spacial score (nSPS) is 10.9. The van der Waals surface area contributed by atoms with Crippen LogP contribution < -0.4 is 21.7 Å². The van der Waals surface area contributed by atoms with E-state index in [0.29, 0.717) is 42.2 Å². The number of esters is 1. The minimum Gasteiger partial charge on any atom is -0.466 e. The van der Waals surface area contributed by atoms with Crippen LogP contribution >= 0.6 is 0 Å². The molecule has 0 aliphatic heterocycles. The Hall–Kier alpha value is -4.73. The van der Waals surface area contributed by atoms with Crippen LogP contribution in [0, 0.1) is 0 Å². The second-order valence-corrected chi connectivity index (χ2v) is 7.94. The fourth-order valence-electron chi connectivity index (χ4n) is 3.35. The number of amides is 2. The second kappa shape index (κ2) is 14.0. The van der Waals surface area contributed by atoms with Gasteiger partial charge in [0.1, 0.15) is 5.82 Å². The maximum atomic E-state index is 12.6. The van der Waals surface area contributed by atoms with Crippen LogP contribution in [0.5, 0.6) is 0 Å². The summed E-state index contributed by atoms with van der Waals surface area (Å²) in [5, 5.41) is 8.23. The van der Waals surface area contributed by atoms with Crippen molar-refractivity contribution in [2.45, 2.75) is 26.3 Å². The number of nitrogens with zero attached hydrogens (tertiary/aromatic N) is 2. The summed E-state index contributed by atoms with van der Waals surface area (Å²) >= 11 is 0. The molecule has 0 radical (unpaired) electrons. The molecule has 2 aromatic carbocycles. The Bertz CT molecular complexity index is 1250. The zero-order valence-corrected chi connectivity index (χ0v) is 20.6. The number of carbonyl (C=O) groups excluding carboxylic acids is 3. The van der Waals surface area contributed by atoms with Crippen molar-refractivity contribution >= 4 is 35.2 Å². The van der Waals surface area contributed by atoms with Crippen molar-refractivity contribution in [3.05, 3.63) is 89.6 Å². The number of pyridine rings is 1. The smallest absolute Gasteiger partial charge is 0.306 e. The first kappa shape index (κ1) is 26.9. The van der Waals surface area contributed by atoms with E-state index in [4.69, 9.17) is 10.5 Å². The van der Waals surface area contributed by atoms with Crippen LogP contribution in [-0.4, -0.2) is 41.9 Å². The molecule has 192 valence electrons. The average molecular weight is 503 g/mol. The number of rotatable bonds is 11. The van der Waals surface area contributed by atoms with E-state index in [1.807, 2.05) is 30.3 Å². The summed E-state index contributed by atoms with van der Waals surface area (Å²) in [7, 11) is 0. The van der Waals surface area contributed by atoms with E-state index in [9.17, 15) is 14.4 Å². The van der Waals surface area contributed by atoms with Gasteiger partial charge in [0.2, 0.25) is 5.91 Å². The molecule has 0 bridgehead atoms. The molecule has 2 amide bonds. The summed E-state index contributed by atoms with van der Waals surface area (Å²) < 4.78 is 4.94. The number of anilines is 2. The number of aromatic nitrogens is 1. The van der Waals surface area contributed by atoms with Gasteiger partial charge in [-0.3, -0.25) is 14.4 Å². The number of aliphatic imine (C=N–C) groups is 1. The van der Waals surface area contributed by atoms with Crippen LogP contribution in [0.15, 0.2) is 77.9 Å². The lowest BCUT2D eigenvalue weighted by Crippen LogP contribution is -2.33. The van der Waals surface area contributed by atoms with Crippen LogP contribution in [0.4, 0.5) is 11.5 Å². The van der Waals surface area contributed by atoms with E-state index < -0.39 is 11.8 Å². The van der Waals surface area contributed by atoms with E-state index in [0.717, 1.165) is 5.56 Å². The highest BCUT2D eigenvalue weighted by Crippen LogP contribution is 2.14. The summed E-state index contributed by atoms with van der Waals surface area (Å²) in [6.07, 6.45) is 2.08. The van der Waals surface area contributed by atoms with Gasteiger partial charge in [-0.2, -0.15) is 0 Å². The molecular formula is C27H30N6O4. The summed E-state index contributed by atoms with van der Waals surface area (Å²) in [4.78, 5) is 45.2. The molecule has 0 saturated carbocycles. The van der Waals surface area contributed by atoms with Crippen LogP contribution in [0.3, 0.4) is 0 Å². The third-order valence-corrected chi connectivity index (χ3v) is 5.13. The highest BCUT2D eigenvalue weighted by Gasteiger charge is 2.13. The molecular weight excluding hydrogens is 472 g/mol. The number of guanidine groups is 1. The van der Waals surface area contributed by atoms with E-state index in [1.165, 1.54) is 6.20 Å². The SMILES string of the molecule is CCOC(=O)CCc1cccnc1NC(=O)CNC(=O)c1cccc(NC(N)=NCc2ccccc2)c1. The third kappa shape index (κ3) is 9.10. The van der Waals surface area contributed by atoms with Gasteiger partial charge in [0, 0.05) is 23.9 Å². The lowest BCUT2D eigenvalue weighted by atomic mass is 10.1. The first-order chi connectivity index (χ1) is 17.9. The van der Waals surface area contributed by atoms with Gasteiger partial charge < -0.3 is 26.4 Å². The first-order valence-electron chi connectivity index (χ1n) is 11.8. The minimum absolute atomic E-state index is 0.172. The molecule has 10 nitrogen and oxygen atoms in total. The number of hydrogen-bond acceptors (Lipinski definition) is 6. The predicted molar refractivity (Wildman–Crippen MR) is 142 cm³/mol. The van der Waals surface area contributed by atoms with Gasteiger partial charge in [-0.15, -0.1) is 0 Å². The molecule has 3 rings (SSSR count). The van der Waals surface area contributed by atoms with Gasteiger partial charge in [0.25, 0.3) is 5.91 Å². The summed E-state index contributed by atoms with van der Waals surface area (Å²) in [5.41, 5.74) is 8.63. The van der Waals surface area contributed by atoms with Gasteiger partial charge >= 0.3 is 5.97 Å². The molecule has 5 N–H and O–H groups in total. The quantitative estimate of drug-likeness (QED) is 0.179. The Kier molecular flexibility index (Phi) is 10.2. The largest absolute Gasteiger partial charge is 0.466 e. The lowest BCUT2D eigenvalue weighted by Gasteiger charge is -2.11. The van der Waals surface area contributed by atoms with Gasteiger partial charge in [0.05, 0.1) is 19.7 Å². The van der Waals surface area contributed by atoms with Gasteiger partial charge in [-0.25, -0.2) is 9.98 Å². The number of carbonyl (C=O) groups is 3. The molecule has 10 heteroatoms. The summed E-state index contributed by atoms with van der Waals surface area (Å²) in [6, 6.07) is 19.9. The number of benzene rings is 2. The zero-order valence-electron chi connectivity index (χ0n) is 20.6. The van der Waals surface area contributed by atoms with Crippen molar-refractivity contribution in [2.75, 3.05) is 23.8 Å². The second-order valence-electron chi connectivity index (χ2n) is 7.94. The molecule has 0 aliphatic rings. The number of nitrogens with two attached hydrogens (primary N) is 1. The van der Waals surface area contributed by atoms with Gasteiger partial charge in [0.15, 0.2) is 5.96 Å². The van der Waals surface area contributed by atoms with Crippen LogP contribution in [0.2, 0.25) is 0 Å². The summed E-state index contributed by atoms with van der Waals surface area (Å²) in [6.45, 7) is 2.22. The number of ether oxygens (including phenoxy) is 1. The van der Waals surface area contributed by atoms with Crippen molar-refractivity contribution in [1.82, 2.24) is 10.3 Å². The first-order valence-corrected chi connectivity index (χ1v) is 11.8. The molecule has 0 unspecified atom stereocenters. The van der Waals surface area contributed by atoms with Crippen LogP contribution in [0.1, 0.15) is 34.8 Å². The maximum absolute atomic E-state index is 12.6. The predicted octanol–water partition coefficient (Wildman–Crippen LogP) is 2.87. The fourth-order valence-corrected chi connectivity index (χ4v) is 3.35. The fraction of sp³-hybridized carbons (Fsp3) is 0.222. The van der Waals surface area contributed by atoms with E-state index in [1.54, 1.807) is 43.3 Å². The molecule has 1 aromatic heterocycles. The summed E-state index contributed by atoms with van der Waals surface area (Å²) in [5.74, 6) is -0.646. The van der Waals surface area contributed by atoms with Crippen LogP contribution in [0.25, 0.3) is 0 Å². The van der Waals surface area contributed by atoms with Crippen molar-refractivity contribution < 1.29 is 19.1 Å². The number of nitrogens with one attached hydrogen (secondary N) is 3. The Morgan fingerprint density at radius 1 is 1.00 bits per heavy atom. The Balaban J connectivity index is 1.51. The maximum Gasteiger partial charge on any atom is 0.306 e. The zero-order chi connectivity index (χ0) is 26.5. The molecule has 1 heterocycles.